The minimum atomic E-state index is -0.644. The fraction of sp³-hybridized carbons (Fsp3) is 0.222. The second-order valence-electron chi connectivity index (χ2n) is 6.07. The van der Waals surface area contributed by atoms with Crippen molar-refractivity contribution in [2.24, 2.45) is 0 Å². The highest BCUT2D eigenvalue weighted by molar-refractivity contribution is 6.03. The van der Waals surface area contributed by atoms with Gasteiger partial charge in [0.2, 0.25) is 11.8 Å². The molecule has 2 unspecified atom stereocenters. The molecule has 0 aliphatic carbocycles. The normalized spacial score (nSPS) is 24.9. The molecule has 0 radical (unpaired) electrons. The first kappa shape index (κ1) is 13.8. The molecule has 3 N–H and O–H groups in total. The van der Waals surface area contributed by atoms with Crippen LogP contribution in [-0.4, -0.2) is 24.4 Å². The van der Waals surface area contributed by atoms with Gasteiger partial charge in [-0.3, -0.25) is 9.59 Å². The molecular formula is C18H17N3O2. The fourth-order valence-corrected chi connectivity index (χ4v) is 3.48. The molecule has 0 aromatic heterocycles. The number of anilines is 2. The minimum Gasteiger partial charge on any atom is -0.383 e. The molecule has 4 rings (SSSR count). The molecule has 116 valence electrons. The van der Waals surface area contributed by atoms with Gasteiger partial charge in [-0.05, 0) is 30.2 Å². The van der Waals surface area contributed by atoms with E-state index in [0.29, 0.717) is 13.0 Å². The van der Waals surface area contributed by atoms with Crippen LogP contribution < -0.4 is 16.0 Å². The number of hydrogen-bond acceptors (Lipinski definition) is 3. The quantitative estimate of drug-likeness (QED) is 0.793. The lowest BCUT2D eigenvalue weighted by molar-refractivity contribution is -0.125. The molecule has 23 heavy (non-hydrogen) atoms. The Kier molecular flexibility index (Phi) is 3.08. The van der Waals surface area contributed by atoms with Crippen LogP contribution in [0, 0.1) is 0 Å². The van der Waals surface area contributed by atoms with Crippen LogP contribution in [0.1, 0.15) is 12.0 Å². The zero-order chi connectivity index (χ0) is 15.9. The van der Waals surface area contributed by atoms with Crippen LogP contribution in [0.2, 0.25) is 0 Å². The summed E-state index contributed by atoms with van der Waals surface area (Å²) in [6, 6.07) is 16.6. The molecule has 2 aliphatic rings. The Morgan fingerprint density at radius 3 is 2.65 bits per heavy atom. The van der Waals surface area contributed by atoms with Gasteiger partial charge in [0.1, 0.15) is 6.04 Å². The number of rotatable bonds is 2. The third-order valence-corrected chi connectivity index (χ3v) is 4.67. The Morgan fingerprint density at radius 1 is 1.09 bits per heavy atom. The highest BCUT2D eigenvalue weighted by Gasteiger charge is 2.53. The summed E-state index contributed by atoms with van der Waals surface area (Å²) in [5, 5.41) is 9.00. The first-order valence-corrected chi connectivity index (χ1v) is 7.69. The van der Waals surface area contributed by atoms with Gasteiger partial charge in [0, 0.05) is 17.9 Å². The SMILES string of the molecule is O=C(Nc1ccccc1)C1CC2(CNc3ccccc32)C(=O)N1. The van der Waals surface area contributed by atoms with Crippen LogP contribution in [0.3, 0.4) is 0 Å². The van der Waals surface area contributed by atoms with Gasteiger partial charge in [0.05, 0.1) is 5.41 Å². The van der Waals surface area contributed by atoms with Gasteiger partial charge in [0.25, 0.3) is 0 Å². The van der Waals surface area contributed by atoms with E-state index in [1.54, 1.807) is 0 Å². The molecule has 2 atom stereocenters. The summed E-state index contributed by atoms with van der Waals surface area (Å²) in [4.78, 5) is 25.1. The predicted molar refractivity (Wildman–Crippen MR) is 88.2 cm³/mol. The molecule has 1 spiro atoms. The van der Waals surface area contributed by atoms with Gasteiger partial charge in [0.15, 0.2) is 0 Å². The molecule has 0 saturated carbocycles. The fourth-order valence-electron chi connectivity index (χ4n) is 3.48. The van der Waals surface area contributed by atoms with Crippen molar-refractivity contribution in [3.63, 3.8) is 0 Å². The van der Waals surface area contributed by atoms with Crippen LogP contribution in [0.25, 0.3) is 0 Å². The smallest absolute Gasteiger partial charge is 0.246 e. The van der Waals surface area contributed by atoms with Crippen molar-refractivity contribution in [1.29, 1.82) is 0 Å². The third-order valence-electron chi connectivity index (χ3n) is 4.67. The van der Waals surface area contributed by atoms with Crippen molar-refractivity contribution in [1.82, 2.24) is 5.32 Å². The summed E-state index contributed by atoms with van der Waals surface area (Å²) >= 11 is 0. The molecule has 5 nitrogen and oxygen atoms in total. The second-order valence-corrected chi connectivity index (χ2v) is 6.07. The lowest BCUT2D eigenvalue weighted by Gasteiger charge is -2.19. The maximum atomic E-state index is 12.6. The highest BCUT2D eigenvalue weighted by Crippen LogP contribution is 2.43. The molecule has 1 fully saturated rings. The van der Waals surface area contributed by atoms with Gasteiger partial charge >= 0.3 is 0 Å². The van der Waals surface area contributed by atoms with Crippen LogP contribution in [0.5, 0.6) is 0 Å². The van der Waals surface area contributed by atoms with Gasteiger partial charge in [-0.1, -0.05) is 36.4 Å². The number of fused-ring (bicyclic) bond motifs is 2. The Hall–Kier alpha value is -2.82. The Labute approximate surface area is 134 Å². The molecule has 2 heterocycles. The second kappa shape index (κ2) is 5.12. The first-order valence-electron chi connectivity index (χ1n) is 7.69. The molecule has 5 heteroatoms. The standard InChI is InChI=1S/C18H17N3O2/c22-16(20-12-6-2-1-3-7-12)15-10-18(17(23)21-15)11-19-14-9-5-4-8-13(14)18/h1-9,15,19H,10-11H2,(H,20,22)(H,21,23). The maximum Gasteiger partial charge on any atom is 0.246 e. The van der Waals surface area contributed by atoms with E-state index < -0.39 is 11.5 Å². The van der Waals surface area contributed by atoms with Crippen molar-refractivity contribution in [2.45, 2.75) is 17.9 Å². The molecular weight excluding hydrogens is 290 g/mol. The van der Waals surface area contributed by atoms with E-state index in [0.717, 1.165) is 16.9 Å². The van der Waals surface area contributed by atoms with Crippen molar-refractivity contribution in [3.8, 4) is 0 Å². The lowest BCUT2D eigenvalue weighted by Crippen LogP contribution is -2.39. The van der Waals surface area contributed by atoms with Gasteiger partial charge < -0.3 is 16.0 Å². The largest absolute Gasteiger partial charge is 0.383 e. The lowest BCUT2D eigenvalue weighted by atomic mass is 9.79. The summed E-state index contributed by atoms with van der Waals surface area (Å²) in [7, 11) is 0. The molecule has 2 aromatic rings. The third kappa shape index (κ3) is 2.16. The predicted octanol–water partition coefficient (Wildman–Crippen LogP) is 1.88. The Bertz CT molecular complexity index is 775. The van der Waals surface area contributed by atoms with Gasteiger partial charge in [-0.2, -0.15) is 0 Å². The maximum absolute atomic E-state index is 12.6. The number of benzene rings is 2. The Morgan fingerprint density at radius 2 is 1.83 bits per heavy atom. The molecule has 1 saturated heterocycles. The van der Waals surface area contributed by atoms with E-state index in [9.17, 15) is 9.59 Å². The van der Waals surface area contributed by atoms with Crippen molar-refractivity contribution < 1.29 is 9.59 Å². The zero-order valence-electron chi connectivity index (χ0n) is 12.5. The van der Waals surface area contributed by atoms with E-state index in [4.69, 9.17) is 0 Å². The molecule has 2 aliphatic heterocycles. The van der Waals surface area contributed by atoms with Crippen LogP contribution >= 0.6 is 0 Å². The molecule has 2 aromatic carbocycles. The van der Waals surface area contributed by atoms with E-state index in [2.05, 4.69) is 16.0 Å². The summed E-state index contributed by atoms with van der Waals surface area (Å²) in [5.41, 5.74) is 2.05. The first-order chi connectivity index (χ1) is 11.2. The molecule has 2 amide bonds. The van der Waals surface area contributed by atoms with E-state index in [1.807, 2.05) is 54.6 Å². The van der Waals surface area contributed by atoms with Crippen LogP contribution in [0.4, 0.5) is 11.4 Å². The van der Waals surface area contributed by atoms with E-state index >= 15 is 0 Å². The van der Waals surface area contributed by atoms with E-state index in [-0.39, 0.29) is 11.8 Å². The number of amides is 2. The van der Waals surface area contributed by atoms with Gasteiger partial charge in [-0.25, -0.2) is 0 Å². The number of carbonyl (C=O) groups excluding carboxylic acids is 2. The monoisotopic (exact) mass is 307 g/mol. The number of carbonyl (C=O) groups is 2. The van der Waals surface area contributed by atoms with Crippen molar-refractivity contribution in [3.05, 3.63) is 60.2 Å². The highest BCUT2D eigenvalue weighted by atomic mass is 16.2. The summed E-state index contributed by atoms with van der Waals surface area (Å²) in [6.07, 6.45) is 0.467. The van der Waals surface area contributed by atoms with Gasteiger partial charge in [-0.15, -0.1) is 0 Å². The van der Waals surface area contributed by atoms with Crippen molar-refractivity contribution in [2.75, 3.05) is 17.2 Å². The van der Waals surface area contributed by atoms with E-state index in [1.165, 1.54) is 0 Å². The topological polar surface area (TPSA) is 70.2 Å². The number of nitrogens with one attached hydrogen (secondary N) is 3. The Balaban J connectivity index is 1.57. The average molecular weight is 307 g/mol. The number of hydrogen-bond donors (Lipinski definition) is 3. The molecule has 0 bridgehead atoms. The zero-order valence-corrected chi connectivity index (χ0v) is 12.5. The summed E-state index contributed by atoms with van der Waals surface area (Å²) < 4.78 is 0. The van der Waals surface area contributed by atoms with Crippen molar-refractivity contribution >= 4 is 23.2 Å². The minimum absolute atomic E-state index is 0.0804. The summed E-state index contributed by atoms with van der Waals surface area (Å²) in [6.45, 7) is 0.535. The summed E-state index contributed by atoms with van der Waals surface area (Å²) in [5.74, 6) is -0.256. The van der Waals surface area contributed by atoms with Crippen LogP contribution in [-0.2, 0) is 15.0 Å². The van der Waals surface area contributed by atoms with Crippen LogP contribution in [0.15, 0.2) is 54.6 Å². The number of para-hydroxylation sites is 2. The average Bonchev–Trinajstić information content (AvgIpc) is 3.11.